The van der Waals surface area contributed by atoms with Crippen molar-refractivity contribution in [2.75, 3.05) is 40.0 Å². The van der Waals surface area contributed by atoms with E-state index in [4.69, 9.17) is 4.74 Å². The first kappa shape index (κ1) is 18.8. The molecule has 0 unspecified atom stereocenters. The molecule has 6 nitrogen and oxygen atoms in total. The Balaban J connectivity index is 2.83. The van der Waals surface area contributed by atoms with Gasteiger partial charge in [-0.05, 0) is 31.6 Å². The zero-order valence-corrected chi connectivity index (χ0v) is 14.3. The van der Waals surface area contributed by atoms with Gasteiger partial charge in [-0.25, -0.2) is 0 Å². The third kappa shape index (κ3) is 4.89. The zero-order valence-electron chi connectivity index (χ0n) is 13.5. The Kier molecular flexibility index (Phi) is 8.12. The van der Waals surface area contributed by atoms with Crippen LogP contribution in [0.5, 0.6) is 0 Å². The molecule has 0 amide bonds. The molecule has 1 N–H and O–H groups in total. The van der Waals surface area contributed by atoms with Gasteiger partial charge in [-0.2, -0.15) is 17.0 Å². The topological polar surface area (TPSA) is 70.1 Å². The van der Waals surface area contributed by atoms with Crippen LogP contribution < -0.4 is 0 Å². The second-order valence-electron chi connectivity index (χ2n) is 5.61. The van der Waals surface area contributed by atoms with Gasteiger partial charge in [0.2, 0.25) is 0 Å². The monoisotopic (exact) mass is 322 g/mol. The van der Waals surface area contributed by atoms with E-state index < -0.39 is 10.2 Å². The molecule has 1 aliphatic rings. The van der Waals surface area contributed by atoms with Crippen LogP contribution in [-0.2, 0) is 14.9 Å². The second kappa shape index (κ2) is 9.05. The molecule has 0 aromatic rings. The smallest absolute Gasteiger partial charge is 0.282 e. The van der Waals surface area contributed by atoms with Gasteiger partial charge in [0.1, 0.15) is 0 Å². The minimum Gasteiger partial charge on any atom is -0.396 e. The highest BCUT2D eigenvalue weighted by Gasteiger charge is 2.35. The van der Waals surface area contributed by atoms with Crippen LogP contribution in [-0.4, -0.2) is 68.1 Å². The van der Waals surface area contributed by atoms with Crippen LogP contribution in [0, 0.1) is 5.92 Å². The first-order chi connectivity index (χ1) is 10.0. The summed E-state index contributed by atoms with van der Waals surface area (Å²) in [7, 11) is -1.86. The number of aliphatic hydroxyl groups is 1. The van der Waals surface area contributed by atoms with Crippen molar-refractivity contribution in [1.29, 1.82) is 0 Å². The number of aliphatic hydroxyl groups excluding tert-OH is 1. The largest absolute Gasteiger partial charge is 0.396 e. The van der Waals surface area contributed by atoms with E-state index in [-0.39, 0.29) is 18.6 Å². The molecule has 0 bridgehead atoms. The van der Waals surface area contributed by atoms with Crippen molar-refractivity contribution in [3.63, 3.8) is 0 Å². The van der Waals surface area contributed by atoms with Gasteiger partial charge in [-0.1, -0.05) is 13.8 Å². The van der Waals surface area contributed by atoms with Crippen LogP contribution in [0.1, 0.15) is 39.5 Å². The summed E-state index contributed by atoms with van der Waals surface area (Å²) in [5.41, 5.74) is 0. The Labute approximate surface area is 129 Å². The Morgan fingerprint density at radius 1 is 1.29 bits per heavy atom. The SMILES string of the molecule is CCC(CC)N(CCOC)S(=O)(=O)N1CCC(CO)CC1. The molecule has 1 heterocycles. The number of rotatable bonds is 9. The van der Waals surface area contributed by atoms with Crippen LogP contribution in [0.25, 0.3) is 0 Å². The van der Waals surface area contributed by atoms with Gasteiger partial charge in [0, 0.05) is 39.4 Å². The Morgan fingerprint density at radius 2 is 1.86 bits per heavy atom. The summed E-state index contributed by atoms with van der Waals surface area (Å²) in [4.78, 5) is 0. The molecule has 0 aliphatic carbocycles. The molecular formula is C14H30N2O4S. The number of ether oxygens (including phenoxy) is 1. The number of hydrogen-bond donors (Lipinski definition) is 1. The van der Waals surface area contributed by atoms with E-state index in [0.29, 0.717) is 26.2 Å². The van der Waals surface area contributed by atoms with Crippen molar-refractivity contribution in [3.05, 3.63) is 0 Å². The standard InChI is InChI=1S/C14H30N2O4S/c1-4-14(5-2)16(10-11-20-3)21(18,19)15-8-6-13(12-17)7-9-15/h13-14,17H,4-12H2,1-3H3. The lowest BCUT2D eigenvalue weighted by Crippen LogP contribution is -2.51. The van der Waals surface area contributed by atoms with Crippen molar-refractivity contribution in [2.45, 2.75) is 45.6 Å². The molecule has 0 spiro atoms. The Morgan fingerprint density at radius 3 is 2.29 bits per heavy atom. The highest BCUT2D eigenvalue weighted by molar-refractivity contribution is 7.86. The maximum Gasteiger partial charge on any atom is 0.282 e. The van der Waals surface area contributed by atoms with E-state index in [9.17, 15) is 13.5 Å². The van der Waals surface area contributed by atoms with E-state index in [1.807, 2.05) is 13.8 Å². The van der Waals surface area contributed by atoms with Gasteiger partial charge in [0.15, 0.2) is 0 Å². The molecule has 1 aliphatic heterocycles. The zero-order chi connectivity index (χ0) is 15.9. The number of piperidine rings is 1. The molecule has 21 heavy (non-hydrogen) atoms. The van der Waals surface area contributed by atoms with Gasteiger partial charge in [0.05, 0.1) is 6.61 Å². The van der Waals surface area contributed by atoms with E-state index >= 15 is 0 Å². The molecule has 0 atom stereocenters. The molecule has 0 aromatic heterocycles. The number of methoxy groups -OCH3 is 1. The number of nitrogens with zero attached hydrogens (tertiary/aromatic N) is 2. The predicted molar refractivity (Wildman–Crippen MR) is 83.3 cm³/mol. The molecule has 1 saturated heterocycles. The van der Waals surface area contributed by atoms with Crippen LogP contribution in [0.4, 0.5) is 0 Å². The van der Waals surface area contributed by atoms with Gasteiger partial charge in [-0.15, -0.1) is 0 Å². The molecule has 0 aromatic carbocycles. The van der Waals surface area contributed by atoms with Gasteiger partial charge >= 0.3 is 0 Å². The predicted octanol–water partition coefficient (Wildman–Crippen LogP) is 1.07. The van der Waals surface area contributed by atoms with E-state index in [0.717, 1.165) is 25.7 Å². The normalized spacial score (nSPS) is 18.8. The minimum absolute atomic E-state index is 0.0146. The number of hydrogen-bond acceptors (Lipinski definition) is 4. The van der Waals surface area contributed by atoms with Crippen LogP contribution in [0.2, 0.25) is 0 Å². The van der Waals surface area contributed by atoms with Crippen molar-refractivity contribution in [3.8, 4) is 0 Å². The summed E-state index contributed by atoms with van der Waals surface area (Å²) in [5, 5.41) is 9.17. The van der Waals surface area contributed by atoms with Gasteiger partial charge in [-0.3, -0.25) is 0 Å². The molecule has 126 valence electrons. The average Bonchev–Trinajstić information content (AvgIpc) is 2.51. The fourth-order valence-electron chi connectivity index (χ4n) is 2.83. The average molecular weight is 322 g/mol. The van der Waals surface area contributed by atoms with Crippen LogP contribution in [0.3, 0.4) is 0 Å². The molecule has 0 radical (unpaired) electrons. The lowest BCUT2D eigenvalue weighted by atomic mass is 10.00. The molecule has 7 heteroatoms. The third-order valence-electron chi connectivity index (χ3n) is 4.32. The third-order valence-corrected chi connectivity index (χ3v) is 6.41. The molecule has 0 saturated carbocycles. The van der Waals surface area contributed by atoms with E-state index in [1.54, 1.807) is 15.7 Å². The second-order valence-corrected chi connectivity index (χ2v) is 7.49. The first-order valence-electron chi connectivity index (χ1n) is 7.87. The Hall–Kier alpha value is -0.210. The van der Waals surface area contributed by atoms with Gasteiger partial charge < -0.3 is 9.84 Å². The summed E-state index contributed by atoms with van der Waals surface area (Å²) in [6.07, 6.45) is 3.06. The van der Waals surface area contributed by atoms with E-state index in [2.05, 4.69) is 0 Å². The highest BCUT2D eigenvalue weighted by atomic mass is 32.2. The molecule has 1 rings (SSSR count). The van der Waals surface area contributed by atoms with Crippen LogP contribution >= 0.6 is 0 Å². The molecular weight excluding hydrogens is 292 g/mol. The van der Waals surface area contributed by atoms with Crippen LogP contribution in [0.15, 0.2) is 0 Å². The summed E-state index contributed by atoms with van der Waals surface area (Å²) >= 11 is 0. The summed E-state index contributed by atoms with van der Waals surface area (Å²) in [6, 6.07) is 0.0146. The van der Waals surface area contributed by atoms with Crippen molar-refractivity contribution in [1.82, 2.24) is 8.61 Å². The summed E-state index contributed by atoms with van der Waals surface area (Å²) < 4.78 is 34.0. The van der Waals surface area contributed by atoms with Crippen molar-refractivity contribution < 1.29 is 18.3 Å². The summed E-state index contributed by atoms with van der Waals surface area (Å²) in [6.45, 7) is 5.97. The molecule has 1 fully saturated rings. The van der Waals surface area contributed by atoms with Crippen molar-refractivity contribution in [2.24, 2.45) is 5.92 Å². The van der Waals surface area contributed by atoms with E-state index in [1.165, 1.54) is 0 Å². The maximum atomic E-state index is 12.9. The maximum absolute atomic E-state index is 12.9. The highest BCUT2D eigenvalue weighted by Crippen LogP contribution is 2.23. The quantitative estimate of drug-likeness (QED) is 0.689. The van der Waals surface area contributed by atoms with Crippen molar-refractivity contribution >= 4 is 10.2 Å². The fourth-order valence-corrected chi connectivity index (χ4v) is 4.78. The lowest BCUT2D eigenvalue weighted by molar-refractivity contribution is 0.146. The first-order valence-corrected chi connectivity index (χ1v) is 9.27. The minimum atomic E-state index is -3.45. The Bertz CT molecular complexity index is 376. The lowest BCUT2D eigenvalue weighted by Gasteiger charge is -2.37. The summed E-state index contributed by atoms with van der Waals surface area (Å²) in [5.74, 6) is 0.233. The van der Waals surface area contributed by atoms with Gasteiger partial charge in [0.25, 0.3) is 10.2 Å². The fraction of sp³-hybridized carbons (Fsp3) is 1.00.